The van der Waals surface area contributed by atoms with E-state index in [-0.39, 0.29) is 17.4 Å². The molecule has 8 heteroatoms. The molecular weight excluding hydrogens is 420 g/mol. The van der Waals surface area contributed by atoms with Crippen molar-refractivity contribution in [1.29, 1.82) is 0 Å². The van der Waals surface area contributed by atoms with Gasteiger partial charge in [-0.1, -0.05) is 19.1 Å². The molecule has 3 aromatic rings. The van der Waals surface area contributed by atoms with Gasteiger partial charge in [-0.15, -0.1) is 0 Å². The minimum absolute atomic E-state index is 0.0340. The van der Waals surface area contributed by atoms with Gasteiger partial charge >= 0.3 is 0 Å². The van der Waals surface area contributed by atoms with Crippen molar-refractivity contribution in [2.45, 2.75) is 39.0 Å². The van der Waals surface area contributed by atoms with Crippen molar-refractivity contribution < 1.29 is 14.3 Å². The molecule has 0 spiro atoms. The molecule has 33 heavy (non-hydrogen) atoms. The summed E-state index contributed by atoms with van der Waals surface area (Å²) in [5.74, 6) is 1.13. The molecule has 2 aromatic carbocycles. The maximum atomic E-state index is 12.4. The number of nitrogens with one attached hydrogen (secondary N) is 3. The quantitative estimate of drug-likeness (QED) is 0.457. The summed E-state index contributed by atoms with van der Waals surface area (Å²) in [6, 6.07) is 14.3. The van der Waals surface area contributed by atoms with Crippen LogP contribution in [0, 0.1) is 0 Å². The van der Waals surface area contributed by atoms with Gasteiger partial charge in [0.15, 0.2) is 0 Å². The Morgan fingerprint density at radius 3 is 2.85 bits per heavy atom. The molecule has 0 radical (unpaired) electrons. The molecule has 2 amide bonds. The second-order valence-electron chi connectivity index (χ2n) is 7.89. The van der Waals surface area contributed by atoms with Crippen molar-refractivity contribution in [3.8, 4) is 17.1 Å². The van der Waals surface area contributed by atoms with E-state index in [0.717, 1.165) is 22.6 Å². The molecule has 8 nitrogen and oxygen atoms in total. The van der Waals surface area contributed by atoms with Crippen LogP contribution < -0.4 is 20.9 Å². The molecule has 0 saturated heterocycles. The lowest BCUT2D eigenvalue weighted by molar-refractivity contribution is -0.117. The van der Waals surface area contributed by atoms with Crippen molar-refractivity contribution in [2.24, 2.45) is 0 Å². The van der Waals surface area contributed by atoms with E-state index in [0.29, 0.717) is 55.9 Å². The zero-order valence-corrected chi connectivity index (χ0v) is 18.4. The van der Waals surface area contributed by atoms with Crippen LogP contribution in [0.5, 0.6) is 5.75 Å². The Hall–Kier alpha value is -3.94. The predicted molar refractivity (Wildman–Crippen MR) is 126 cm³/mol. The molecule has 1 aliphatic rings. The lowest BCUT2D eigenvalue weighted by Gasteiger charge is -2.17. The molecule has 4 rings (SSSR count). The van der Waals surface area contributed by atoms with Gasteiger partial charge in [0, 0.05) is 41.5 Å². The number of aromatic nitrogens is 2. The Kier molecular flexibility index (Phi) is 6.83. The highest BCUT2D eigenvalue weighted by Crippen LogP contribution is 2.27. The van der Waals surface area contributed by atoms with Gasteiger partial charge in [0.05, 0.1) is 6.61 Å². The van der Waals surface area contributed by atoms with Crippen LogP contribution in [-0.2, 0) is 22.4 Å². The van der Waals surface area contributed by atoms with Crippen LogP contribution in [0.3, 0.4) is 0 Å². The molecule has 0 fully saturated rings. The lowest BCUT2D eigenvalue weighted by atomic mass is 10.0. The number of aromatic amines is 1. The van der Waals surface area contributed by atoms with Crippen molar-refractivity contribution in [1.82, 2.24) is 9.97 Å². The first-order valence-electron chi connectivity index (χ1n) is 11.1. The van der Waals surface area contributed by atoms with Crippen molar-refractivity contribution in [3.05, 3.63) is 70.1 Å². The predicted octanol–water partition coefficient (Wildman–Crippen LogP) is 3.68. The van der Waals surface area contributed by atoms with Crippen molar-refractivity contribution in [3.63, 3.8) is 0 Å². The lowest BCUT2D eigenvalue weighted by Crippen LogP contribution is -2.18. The third-order valence-electron chi connectivity index (χ3n) is 5.37. The molecule has 0 bridgehead atoms. The summed E-state index contributed by atoms with van der Waals surface area (Å²) < 4.78 is 5.77. The van der Waals surface area contributed by atoms with Crippen LogP contribution in [0.2, 0.25) is 0 Å². The Bertz CT molecular complexity index is 1240. The highest BCUT2D eigenvalue weighted by molar-refractivity contribution is 5.94. The maximum absolute atomic E-state index is 12.4. The fraction of sp³-hybridized carbons (Fsp3) is 0.280. The number of aryl methyl sites for hydroxylation is 2. The highest BCUT2D eigenvalue weighted by Gasteiger charge is 2.15. The molecule has 1 aliphatic heterocycles. The van der Waals surface area contributed by atoms with Gasteiger partial charge in [-0.05, 0) is 55.2 Å². The minimum Gasteiger partial charge on any atom is -0.494 e. The van der Waals surface area contributed by atoms with Crippen molar-refractivity contribution in [2.75, 3.05) is 17.2 Å². The number of fused-ring (bicyclic) bond motifs is 1. The number of ether oxygens (including phenoxy) is 1. The Morgan fingerprint density at radius 2 is 2.00 bits per heavy atom. The van der Waals surface area contributed by atoms with Gasteiger partial charge < -0.3 is 20.4 Å². The topological polar surface area (TPSA) is 113 Å². The number of anilines is 2. The molecule has 1 aromatic heterocycles. The normalized spacial score (nSPS) is 12.6. The first kappa shape index (κ1) is 22.3. The van der Waals surface area contributed by atoms with E-state index in [9.17, 15) is 14.4 Å². The van der Waals surface area contributed by atoms with Gasteiger partial charge in [-0.3, -0.25) is 14.4 Å². The van der Waals surface area contributed by atoms with Crippen molar-refractivity contribution >= 4 is 23.2 Å². The van der Waals surface area contributed by atoms with Crippen LogP contribution >= 0.6 is 0 Å². The van der Waals surface area contributed by atoms with E-state index in [1.807, 2.05) is 37.3 Å². The van der Waals surface area contributed by atoms with Gasteiger partial charge in [0.25, 0.3) is 5.56 Å². The monoisotopic (exact) mass is 446 g/mol. The molecule has 2 heterocycles. The number of nitrogens with zero attached hydrogens (tertiary/aromatic N) is 1. The number of hydrogen-bond donors (Lipinski definition) is 3. The molecular formula is C25H26N4O4. The number of carbonyl (C=O) groups excluding carboxylic acids is 2. The second-order valence-corrected chi connectivity index (χ2v) is 7.89. The summed E-state index contributed by atoms with van der Waals surface area (Å²) in [7, 11) is 0. The number of H-pyrrole nitrogens is 1. The Balaban J connectivity index is 1.28. The summed E-state index contributed by atoms with van der Waals surface area (Å²) in [6.45, 7) is 2.35. The molecule has 0 atom stereocenters. The van der Waals surface area contributed by atoms with Crippen LogP contribution in [0.1, 0.15) is 37.4 Å². The van der Waals surface area contributed by atoms with E-state index in [1.54, 1.807) is 12.1 Å². The SMILES string of the molecule is CCc1cc(=O)[nH]c(-c2cccc(NC(=O)CCCOc3ccc4c(c3)CCC(=O)N4)c2)n1. The van der Waals surface area contributed by atoms with E-state index in [1.165, 1.54) is 6.07 Å². The first-order chi connectivity index (χ1) is 16.0. The first-order valence-corrected chi connectivity index (χ1v) is 11.1. The Labute approximate surface area is 191 Å². The van der Waals surface area contributed by atoms with Gasteiger partial charge in [0.2, 0.25) is 11.8 Å². The number of carbonyl (C=O) groups is 2. The molecule has 0 unspecified atom stereocenters. The third-order valence-corrected chi connectivity index (χ3v) is 5.37. The van der Waals surface area contributed by atoms with Crippen LogP contribution in [-0.4, -0.2) is 28.4 Å². The minimum atomic E-state index is -0.199. The fourth-order valence-corrected chi connectivity index (χ4v) is 3.67. The summed E-state index contributed by atoms with van der Waals surface area (Å²) in [5, 5.41) is 5.73. The largest absolute Gasteiger partial charge is 0.494 e. The van der Waals surface area contributed by atoms with E-state index in [2.05, 4.69) is 20.6 Å². The third kappa shape index (κ3) is 5.85. The average Bonchev–Trinajstić information content (AvgIpc) is 2.81. The van der Waals surface area contributed by atoms with Gasteiger partial charge in [-0.25, -0.2) is 4.98 Å². The van der Waals surface area contributed by atoms with Crippen LogP contribution in [0.15, 0.2) is 53.3 Å². The summed E-state index contributed by atoms with van der Waals surface area (Å²) in [5.41, 5.74) is 3.78. The Morgan fingerprint density at radius 1 is 1.12 bits per heavy atom. The smallest absolute Gasteiger partial charge is 0.251 e. The maximum Gasteiger partial charge on any atom is 0.251 e. The van der Waals surface area contributed by atoms with E-state index >= 15 is 0 Å². The summed E-state index contributed by atoms with van der Waals surface area (Å²) in [6.07, 6.45) is 2.72. The number of hydrogen-bond acceptors (Lipinski definition) is 5. The molecule has 3 N–H and O–H groups in total. The van der Waals surface area contributed by atoms with E-state index in [4.69, 9.17) is 4.74 Å². The molecule has 170 valence electrons. The summed E-state index contributed by atoms with van der Waals surface area (Å²) >= 11 is 0. The number of rotatable bonds is 8. The summed E-state index contributed by atoms with van der Waals surface area (Å²) in [4.78, 5) is 42.9. The van der Waals surface area contributed by atoms with Crippen LogP contribution in [0.4, 0.5) is 11.4 Å². The number of amides is 2. The number of benzene rings is 2. The van der Waals surface area contributed by atoms with Gasteiger partial charge in [-0.2, -0.15) is 0 Å². The molecule has 0 saturated carbocycles. The second kappa shape index (κ2) is 10.1. The zero-order chi connectivity index (χ0) is 23.2. The fourth-order valence-electron chi connectivity index (χ4n) is 3.67. The standard InChI is InChI=1S/C25H26N4O4/c1-2-18-15-24(32)29-25(27-18)17-5-3-6-19(13-17)26-22(30)7-4-12-33-20-9-10-21-16(14-20)8-11-23(31)28-21/h3,5-6,9-10,13-15H,2,4,7-8,11-12H2,1H3,(H,26,30)(H,28,31)(H,27,29,32). The van der Waals surface area contributed by atoms with Gasteiger partial charge in [0.1, 0.15) is 11.6 Å². The van der Waals surface area contributed by atoms with Crippen LogP contribution in [0.25, 0.3) is 11.4 Å². The zero-order valence-electron chi connectivity index (χ0n) is 18.4. The average molecular weight is 447 g/mol. The van der Waals surface area contributed by atoms with E-state index < -0.39 is 0 Å². The molecule has 0 aliphatic carbocycles. The highest BCUT2D eigenvalue weighted by atomic mass is 16.5.